The minimum Gasteiger partial charge on any atom is -0.394 e. The number of aliphatic hydroxyl groups excluding tert-OH is 1. The normalized spacial score (nSPS) is 28.6. The Bertz CT molecular complexity index is 1480. The number of hydrogen-bond donors (Lipinski definition) is 1. The number of carbonyl (C=O) groups is 3. The van der Waals surface area contributed by atoms with Gasteiger partial charge in [0.25, 0.3) is 0 Å². The first kappa shape index (κ1) is 34.0. The van der Waals surface area contributed by atoms with Gasteiger partial charge in [-0.15, -0.1) is 13.2 Å². The summed E-state index contributed by atoms with van der Waals surface area (Å²) in [5.41, 5.74) is -0.722. The van der Waals surface area contributed by atoms with Gasteiger partial charge in [-0.3, -0.25) is 19.3 Å². The number of morpholine rings is 1. The molecule has 1 N–H and O–H groups in total. The minimum atomic E-state index is -1.23. The van der Waals surface area contributed by atoms with Crippen LogP contribution in [-0.4, -0.2) is 114 Å². The lowest BCUT2D eigenvalue weighted by molar-refractivity contribution is -0.156. The smallest absolute Gasteiger partial charge is 0.248 e. The first-order chi connectivity index (χ1) is 23.4. The summed E-state index contributed by atoms with van der Waals surface area (Å²) in [6.45, 7) is 13.9. The van der Waals surface area contributed by atoms with E-state index in [9.17, 15) is 9.90 Å². The molecule has 0 aliphatic carbocycles. The predicted octanol–water partition coefficient (Wildman–Crippen LogP) is 3.44. The van der Waals surface area contributed by atoms with Crippen molar-refractivity contribution in [1.29, 1.82) is 0 Å². The predicted molar refractivity (Wildman–Crippen MR) is 183 cm³/mol. The Hall–Kier alpha value is -3.83. The highest BCUT2D eigenvalue weighted by Gasteiger charge is 2.79. The molecule has 1 spiro atoms. The van der Waals surface area contributed by atoms with Gasteiger partial charge in [0.2, 0.25) is 17.7 Å². The van der Waals surface area contributed by atoms with E-state index in [1.165, 1.54) is 0 Å². The van der Waals surface area contributed by atoms with E-state index in [0.29, 0.717) is 63.4 Å². The van der Waals surface area contributed by atoms with Crippen LogP contribution in [0.25, 0.3) is 0 Å². The van der Waals surface area contributed by atoms with Crippen molar-refractivity contribution in [1.82, 2.24) is 14.7 Å². The van der Waals surface area contributed by atoms with Crippen molar-refractivity contribution in [3.63, 3.8) is 0 Å². The summed E-state index contributed by atoms with van der Waals surface area (Å²) in [6, 6.07) is 16.9. The summed E-state index contributed by atoms with van der Waals surface area (Å²) < 4.78 is 12.6. The summed E-state index contributed by atoms with van der Waals surface area (Å²) in [5.74, 6) is -2.51. The molecule has 2 unspecified atom stereocenters. The molecule has 6 atom stereocenters. The maximum absolute atomic E-state index is 15.1. The number of para-hydroxylation sites is 1. The van der Waals surface area contributed by atoms with E-state index in [2.05, 4.69) is 18.1 Å². The molecule has 2 aromatic carbocycles. The van der Waals surface area contributed by atoms with Gasteiger partial charge >= 0.3 is 0 Å². The Morgan fingerprint density at radius 2 is 1.67 bits per heavy atom. The standard InChI is InChI=1S/C38H48N4O6/c1-4-19-40(22-21-39-23-25-47-26-24-39)36(46)33-38-18-17-37(6-3,48-38)31(34(44)41(20-5-2)29-15-11-8-12-16-29)32(38)35(45)42(33)30(27-43)28-13-9-7-10-14-28/h4-5,7-16,30-33,43H,1-2,6,17-27H2,3H3/t30-,31-,32+,33?,37+,38?/m1/s1. The highest BCUT2D eigenvalue weighted by molar-refractivity contribution is 6.03. The fourth-order valence-corrected chi connectivity index (χ4v) is 8.61. The molecule has 0 saturated carbocycles. The molecule has 4 fully saturated rings. The summed E-state index contributed by atoms with van der Waals surface area (Å²) in [7, 11) is 0. The molecule has 4 aliphatic heterocycles. The summed E-state index contributed by atoms with van der Waals surface area (Å²) in [6.07, 6.45) is 4.90. The van der Waals surface area contributed by atoms with Crippen LogP contribution in [0.4, 0.5) is 5.69 Å². The number of rotatable bonds is 14. The average Bonchev–Trinajstić information content (AvgIpc) is 3.74. The molecule has 4 saturated heterocycles. The van der Waals surface area contributed by atoms with Gasteiger partial charge in [0.15, 0.2) is 0 Å². The van der Waals surface area contributed by atoms with Crippen LogP contribution in [0.15, 0.2) is 86.0 Å². The number of benzene rings is 2. The van der Waals surface area contributed by atoms with Gasteiger partial charge in [-0.05, 0) is 37.0 Å². The van der Waals surface area contributed by atoms with E-state index < -0.39 is 35.1 Å². The zero-order chi connectivity index (χ0) is 33.9. The van der Waals surface area contributed by atoms with Crippen molar-refractivity contribution in [3.8, 4) is 0 Å². The fraction of sp³-hybridized carbons (Fsp3) is 0.500. The Labute approximate surface area is 283 Å². The van der Waals surface area contributed by atoms with Crippen LogP contribution in [0.5, 0.6) is 0 Å². The van der Waals surface area contributed by atoms with Gasteiger partial charge in [-0.1, -0.05) is 67.6 Å². The summed E-state index contributed by atoms with van der Waals surface area (Å²) in [4.78, 5) is 52.2. The topological polar surface area (TPSA) is 103 Å². The first-order valence-electron chi connectivity index (χ1n) is 17.2. The van der Waals surface area contributed by atoms with E-state index in [1.807, 2.05) is 67.6 Å². The van der Waals surface area contributed by atoms with E-state index in [0.717, 1.165) is 13.1 Å². The number of ether oxygens (including phenoxy) is 2. The van der Waals surface area contributed by atoms with Gasteiger partial charge in [0, 0.05) is 45.0 Å². The van der Waals surface area contributed by atoms with Crippen molar-refractivity contribution in [2.75, 3.05) is 64.0 Å². The third kappa shape index (κ3) is 5.78. The van der Waals surface area contributed by atoms with Crippen molar-refractivity contribution in [2.24, 2.45) is 11.8 Å². The molecule has 4 heterocycles. The minimum absolute atomic E-state index is 0.216. The number of amides is 3. The van der Waals surface area contributed by atoms with Gasteiger partial charge in [0.1, 0.15) is 11.6 Å². The van der Waals surface area contributed by atoms with Crippen LogP contribution in [0.3, 0.4) is 0 Å². The number of likely N-dealkylation sites (tertiary alicyclic amines) is 1. The summed E-state index contributed by atoms with van der Waals surface area (Å²) in [5, 5.41) is 10.9. The molecule has 6 rings (SSSR count). The van der Waals surface area contributed by atoms with E-state index in [4.69, 9.17) is 9.47 Å². The average molecular weight is 657 g/mol. The van der Waals surface area contributed by atoms with Crippen LogP contribution in [-0.2, 0) is 23.9 Å². The number of hydrogen-bond acceptors (Lipinski definition) is 7. The largest absolute Gasteiger partial charge is 0.394 e. The molecular formula is C38H48N4O6. The highest BCUT2D eigenvalue weighted by Crippen LogP contribution is 2.65. The molecule has 3 amide bonds. The maximum Gasteiger partial charge on any atom is 0.248 e. The number of nitrogens with zero attached hydrogens (tertiary/aromatic N) is 4. The van der Waals surface area contributed by atoms with Crippen molar-refractivity contribution < 1.29 is 29.0 Å². The lowest BCUT2D eigenvalue weighted by Gasteiger charge is -2.40. The van der Waals surface area contributed by atoms with Gasteiger partial charge < -0.3 is 29.3 Å². The Morgan fingerprint density at radius 3 is 2.29 bits per heavy atom. The summed E-state index contributed by atoms with van der Waals surface area (Å²) >= 11 is 0. The highest BCUT2D eigenvalue weighted by atomic mass is 16.5. The quantitative estimate of drug-likeness (QED) is 0.311. The maximum atomic E-state index is 15.1. The van der Waals surface area contributed by atoms with Crippen LogP contribution >= 0.6 is 0 Å². The molecule has 0 radical (unpaired) electrons. The van der Waals surface area contributed by atoms with E-state index in [-0.39, 0.29) is 30.9 Å². The molecule has 2 aromatic rings. The third-order valence-corrected chi connectivity index (χ3v) is 10.9. The third-order valence-electron chi connectivity index (χ3n) is 10.9. The second-order valence-electron chi connectivity index (χ2n) is 13.3. The van der Waals surface area contributed by atoms with Crippen molar-refractivity contribution in [3.05, 3.63) is 91.5 Å². The first-order valence-corrected chi connectivity index (χ1v) is 17.2. The molecular weight excluding hydrogens is 608 g/mol. The van der Waals surface area contributed by atoms with E-state index in [1.54, 1.807) is 26.9 Å². The van der Waals surface area contributed by atoms with Crippen LogP contribution < -0.4 is 4.90 Å². The molecule has 10 nitrogen and oxygen atoms in total. The van der Waals surface area contributed by atoms with Crippen LogP contribution in [0.1, 0.15) is 37.8 Å². The second-order valence-corrected chi connectivity index (χ2v) is 13.3. The molecule has 48 heavy (non-hydrogen) atoms. The number of carbonyl (C=O) groups excluding carboxylic acids is 3. The second kappa shape index (κ2) is 14.3. The van der Waals surface area contributed by atoms with Crippen LogP contribution in [0, 0.1) is 11.8 Å². The van der Waals surface area contributed by atoms with Gasteiger partial charge in [-0.25, -0.2) is 0 Å². The van der Waals surface area contributed by atoms with Crippen molar-refractivity contribution in [2.45, 2.75) is 49.5 Å². The lowest BCUT2D eigenvalue weighted by Crippen LogP contribution is -2.58. The monoisotopic (exact) mass is 656 g/mol. The van der Waals surface area contributed by atoms with Gasteiger partial charge in [-0.2, -0.15) is 0 Å². The zero-order valence-electron chi connectivity index (χ0n) is 27.9. The van der Waals surface area contributed by atoms with Gasteiger partial charge in [0.05, 0.1) is 43.3 Å². The van der Waals surface area contributed by atoms with Crippen LogP contribution in [0.2, 0.25) is 0 Å². The SMILES string of the molecule is C=CCN(CCN1CCOCC1)C(=O)C1N([C@H](CO)c2ccccc2)C(=O)[C@@H]2[C@H](C(=O)N(CC=C)c3ccccc3)[C@]3(CC)CCC12O3. The molecule has 256 valence electrons. The number of fused-ring (bicyclic) bond motifs is 1. The molecule has 4 aliphatic rings. The van der Waals surface area contributed by atoms with E-state index >= 15 is 9.59 Å². The van der Waals surface area contributed by atoms with Crippen molar-refractivity contribution >= 4 is 23.4 Å². The zero-order valence-corrected chi connectivity index (χ0v) is 27.9. The Morgan fingerprint density at radius 1 is 1.00 bits per heavy atom. The fourth-order valence-electron chi connectivity index (χ4n) is 8.61. The molecule has 2 bridgehead atoms. The molecule has 0 aromatic heterocycles. The Balaban J connectivity index is 1.44. The lowest BCUT2D eigenvalue weighted by atomic mass is 9.64. The number of anilines is 1. The molecule has 10 heteroatoms. The number of aliphatic hydroxyl groups is 1. The Kier molecular flexibility index (Phi) is 10.2.